The number of aromatic hydroxyl groups is 2. The van der Waals surface area contributed by atoms with Crippen molar-refractivity contribution in [2.75, 3.05) is 37.9 Å². The predicted octanol–water partition coefficient (Wildman–Crippen LogP) is 2.51. The van der Waals surface area contributed by atoms with E-state index in [4.69, 9.17) is 19.7 Å². The zero-order chi connectivity index (χ0) is 43.0. The number of aliphatic hydroxyl groups excluding tert-OH is 2. The number of hydrogen-bond donors (Lipinski definition) is 10. The van der Waals surface area contributed by atoms with Gasteiger partial charge in [0.15, 0.2) is 0 Å². The van der Waals surface area contributed by atoms with Crippen LogP contribution in [0.1, 0.15) is 48.3 Å². The van der Waals surface area contributed by atoms with Crippen LogP contribution in [0.3, 0.4) is 0 Å². The molecule has 0 saturated heterocycles. The zero-order valence-electron chi connectivity index (χ0n) is 33.7. The number of nitrogens with one attached hydrogen (secondary N) is 4. The molecule has 4 rings (SSSR count). The standard InChI is InChI=1S/2C19H24N2O4.C4H4O4.2H2O/c2*1-13(9-14-3-6-16(25-2)7-4-14)20-11-19(24)15-5-8-18(23)17(10-15)21-12-22;5-3(6)1-2-4(7)8;;/h2*3-8,10,12-13,19-20,23-24H,9,11H2,1-2H3,(H,21,22);1-2H,(H,5,6)(H,7,8);2*1H2. The van der Waals surface area contributed by atoms with Gasteiger partial charge in [0.2, 0.25) is 12.8 Å². The monoisotopic (exact) mass is 840 g/mol. The van der Waals surface area contributed by atoms with Gasteiger partial charge in [-0.2, -0.15) is 0 Å². The van der Waals surface area contributed by atoms with Crippen molar-refractivity contribution in [3.63, 3.8) is 0 Å². The zero-order valence-corrected chi connectivity index (χ0v) is 33.7. The molecule has 0 aliphatic heterocycles. The van der Waals surface area contributed by atoms with Gasteiger partial charge in [0.05, 0.1) is 37.8 Å². The number of amides is 2. The maximum atomic E-state index is 10.5. The number of phenolic OH excluding ortho intramolecular Hbond substituents is 2. The first-order valence-corrected chi connectivity index (χ1v) is 18.0. The van der Waals surface area contributed by atoms with Gasteiger partial charge >= 0.3 is 11.9 Å². The van der Waals surface area contributed by atoms with Gasteiger partial charge in [-0.15, -0.1) is 0 Å². The van der Waals surface area contributed by atoms with Crippen LogP contribution in [0.5, 0.6) is 23.0 Å². The van der Waals surface area contributed by atoms with Gasteiger partial charge in [-0.1, -0.05) is 36.4 Å². The van der Waals surface area contributed by atoms with Gasteiger partial charge in [-0.25, -0.2) is 9.59 Å². The van der Waals surface area contributed by atoms with Crippen LogP contribution < -0.4 is 30.7 Å². The van der Waals surface area contributed by atoms with E-state index in [-0.39, 0.29) is 45.9 Å². The van der Waals surface area contributed by atoms with Crippen molar-refractivity contribution in [2.45, 2.75) is 51.0 Å². The van der Waals surface area contributed by atoms with Crippen molar-refractivity contribution in [1.29, 1.82) is 0 Å². The van der Waals surface area contributed by atoms with E-state index in [1.54, 1.807) is 38.5 Å². The van der Waals surface area contributed by atoms with E-state index < -0.39 is 24.1 Å². The van der Waals surface area contributed by atoms with Crippen molar-refractivity contribution in [3.8, 4) is 23.0 Å². The number of phenols is 2. The van der Waals surface area contributed by atoms with Crippen molar-refractivity contribution >= 4 is 36.1 Å². The molecule has 2 amide bonds. The van der Waals surface area contributed by atoms with E-state index in [2.05, 4.69) is 21.3 Å². The number of aliphatic hydroxyl groups is 2. The third-order valence-electron chi connectivity index (χ3n) is 8.33. The fourth-order valence-corrected chi connectivity index (χ4v) is 5.26. The molecular formula is C42H56N4O14. The number of benzene rings is 4. The van der Waals surface area contributed by atoms with Crippen molar-refractivity contribution in [1.82, 2.24) is 10.6 Å². The Morgan fingerprint density at radius 1 is 0.600 bits per heavy atom. The molecular weight excluding hydrogens is 784 g/mol. The summed E-state index contributed by atoms with van der Waals surface area (Å²) < 4.78 is 10.3. The molecule has 4 unspecified atom stereocenters. The maximum Gasteiger partial charge on any atom is 0.328 e. The lowest BCUT2D eigenvalue weighted by Crippen LogP contribution is -2.32. The Hall–Kier alpha value is -6.54. The lowest BCUT2D eigenvalue weighted by atomic mass is 10.1. The molecule has 0 bridgehead atoms. The van der Waals surface area contributed by atoms with E-state index >= 15 is 0 Å². The number of ether oxygens (including phenoxy) is 2. The molecule has 0 aromatic heterocycles. The molecule has 4 aromatic carbocycles. The Morgan fingerprint density at radius 2 is 0.933 bits per heavy atom. The summed E-state index contributed by atoms with van der Waals surface area (Å²) in [7, 11) is 3.28. The van der Waals surface area contributed by atoms with Crippen molar-refractivity contribution in [2.24, 2.45) is 0 Å². The Labute approximate surface area is 347 Å². The minimum Gasteiger partial charge on any atom is -0.506 e. The topological polar surface area (TPSA) is 319 Å². The molecule has 60 heavy (non-hydrogen) atoms. The number of carboxylic acid groups (broad SMARTS) is 2. The number of methoxy groups -OCH3 is 2. The maximum absolute atomic E-state index is 10.5. The van der Waals surface area contributed by atoms with Crippen LogP contribution >= 0.6 is 0 Å². The molecule has 0 aliphatic carbocycles. The fraction of sp³-hybridized carbons (Fsp3) is 0.286. The average molecular weight is 841 g/mol. The third-order valence-corrected chi connectivity index (χ3v) is 8.33. The predicted molar refractivity (Wildman–Crippen MR) is 225 cm³/mol. The smallest absolute Gasteiger partial charge is 0.328 e. The van der Waals surface area contributed by atoms with Crippen molar-refractivity contribution < 1.29 is 70.2 Å². The molecule has 14 N–H and O–H groups in total. The van der Waals surface area contributed by atoms with Crippen LogP contribution in [0.4, 0.5) is 11.4 Å². The van der Waals surface area contributed by atoms with Gasteiger partial charge in [-0.05, 0) is 97.5 Å². The lowest BCUT2D eigenvalue weighted by Gasteiger charge is -2.18. The highest BCUT2D eigenvalue weighted by Crippen LogP contribution is 2.28. The Morgan fingerprint density at radius 3 is 1.22 bits per heavy atom. The Balaban J connectivity index is 0.000000956. The molecule has 0 radical (unpaired) electrons. The second-order valence-corrected chi connectivity index (χ2v) is 12.8. The molecule has 0 aliphatic rings. The Kier molecular flexibility index (Phi) is 25.7. The van der Waals surface area contributed by atoms with Crippen LogP contribution in [0.15, 0.2) is 97.1 Å². The summed E-state index contributed by atoms with van der Waals surface area (Å²) in [5.41, 5.74) is 4.14. The molecule has 0 fully saturated rings. The molecule has 328 valence electrons. The average Bonchev–Trinajstić information content (AvgIpc) is 3.21. The van der Waals surface area contributed by atoms with Crippen molar-refractivity contribution in [3.05, 3.63) is 119 Å². The van der Waals surface area contributed by atoms with Crippen LogP contribution in [-0.2, 0) is 32.0 Å². The number of rotatable bonds is 20. The second kappa shape index (κ2) is 28.8. The number of carboxylic acids is 2. The van der Waals surface area contributed by atoms with Crippen LogP contribution in [0.2, 0.25) is 0 Å². The first-order valence-electron chi connectivity index (χ1n) is 18.0. The van der Waals surface area contributed by atoms with Gasteiger partial charge in [0.25, 0.3) is 0 Å². The SMILES string of the molecule is COc1ccc(CC(C)NCC(O)c2ccc(O)c(NC=O)c2)cc1.COc1ccc(CC(C)NCC(O)c2ccc(O)c(NC=O)c2)cc1.O.O.O=C(O)C=CC(=O)O. The number of aliphatic carboxylic acids is 2. The lowest BCUT2D eigenvalue weighted by molar-refractivity contribution is -0.134. The first kappa shape index (κ1) is 53.5. The summed E-state index contributed by atoms with van der Waals surface area (Å²) in [5, 5.41) is 66.9. The summed E-state index contributed by atoms with van der Waals surface area (Å²) in [5.74, 6) is -0.939. The van der Waals surface area contributed by atoms with Crippen LogP contribution in [-0.4, -0.2) is 106 Å². The summed E-state index contributed by atoms with van der Waals surface area (Å²) in [6, 6.07) is 25.4. The van der Waals surface area contributed by atoms with Crippen LogP contribution in [0.25, 0.3) is 0 Å². The van der Waals surface area contributed by atoms with E-state index in [9.17, 15) is 39.6 Å². The number of anilines is 2. The van der Waals surface area contributed by atoms with E-state index in [1.165, 1.54) is 23.3 Å². The van der Waals surface area contributed by atoms with Gasteiger partial charge in [0, 0.05) is 37.3 Å². The van der Waals surface area contributed by atoms with E-state index in [0.29, 0.717) is 49.2 Å². The number of carbonyl (C=O) groups excluding carboxylic acids is 2. The molecule has 4 atom stereocenters. The summed E-state index contributed by atoms with van der Waals surface area (Å²) in [6.45, 7) is 4.82. The normalized spacial score (nSPS) is 12.2. The van der Waals surface area contributed by atoms with Gasteiger partial charge in [0.1, 0.15) is 23.0 Å². The summed E-state index contributed by atoms with van der Waals surface area (Å²) in [6.07, 6.45) is 2.25. The summed E-state index contributed by atoms with van der Waals surface area (Å²) >= 11 is 0. The highest BCUT2D eigenvalue weighted by Gasteiger charge is 2.14. The summed E-state index contributed by atoms with van der Waals surface area (Å²) in [4.78, 5) is 40.2. The molecule has 0 saturated carbocycles. The molecule has 0 spiro atoms. The quantitative estimate of drug-likeness (QED) is 0.0348. The van der Waals surface area contributed by atoms with E-state index in [0.717, 1.165) is 24.3 Å². The number of hydrogen-bond acceptors (Lipinski definition) is 12. The van der Waals surface area contributed by atoms with Gasteiger partial charge in [-0.3, -0.25) is 9.59 Å². The third kappa shape index (κ3) is 20.2. The molecule has 4 aromatic rings. The molecule has 0 heterocycles. The van der Waals surface area contributed by atoms with Crippen LogP contribution in [0, 0.1) is 0 Å². The fourth-order valence-electron chi connectivity index (χ4n) is 5.26. The highest BCUT2D eigenvalue weighted by molar-refractivity contribution is 5.89. The minimum atomic E-state index is -1.26. The number of carbonyl (C=O) groups is 4. The first-order chi connectivity index (χ1) is 27.7. The van der Waals surface area contributed by atoms with Gasteiger partial charge < -0.3 is 72.3 Å². The van der Waals surface area contributed by atoms with E-state index in [1.807, 2.05) is 62.4 Å². The molecule has 18 nitrogen and oxygen atoms in total. The highest BCUT2D eigenvalue weighted by atomic mass is 16.5. The second-order valence-electron chi connectivity index (χ2n) is 12.8. The largest absolute Gasteiger partial charge is 0.506 e. The Bertz CT molecular complexity index is 1770. The minimum absolute atomic E-state index is 0. The molecule has 18 heteroatoms.